The predicted octanol–water partition coefficient (Wildman–Crippen LogP) is 3.23. The Labute approximate surface area is 89.2 Å². The number of nitrogens with one attached hydrogen (secondary N) is 1. The van der Waals surface area contributed by atoms with Gasteiger partial charge in [-0.25, -0.2) is 0 Å². The maximum Gasteiger partial charge on any atom is 0.0973 e. The smallest absolute Gasteiger partial charge is 0.0973 e. The van der Waals surface area contributed by atoms with E-state index in [1.807, 2.05) is 0 Å². The molecule has 0 aromatic heterocycles. The molecule has 2 heteroatoms. The number of rotatable bonds is 3. The van der Waals surface area contributed by atoms with E-state index < -0.39 is 0 Å². The van der Waals surface area contributed by atoms with E-state index in [1.54, 1.807) is 0 Å². The standard InChI is InChI=1S/C12H26N2/c1-9(2)13-11(14-10(3)4)8-12(5,6)7/h9-10H,8H2,1-7H3,(H,13,14). The van der Waals surface area contributed by atoms with Crippen molar-refractivity contribution in [3.8, 4) is 0 Å². The molecule has 0 spiro atoms. The molecule has 0 aliphatic rings. The molecule has 0 rings (SSSR count). The maximum atomic E-state index is 4.61. The summed E-state index contributed by atoms with van der Waals surface area (Å²) >= 11 is 0. The lowest BCUT2D eigenvalue weighted by molar-refractivity contribution is 0.425. The van der Waals surface area contributed by atoms with Crippen LogP contribution in [0.2, 0.25) is 0 Å². The first-order chi connectivity index (χ1) is 6.20. The molecule has 0 amide bonds. The Balaban J connectivity index is 4.41. The largest absolute Gasteiger partial charge is 0.372 e. The summed E-state index contributed by atoms with van der Waals surface area (Å²) in [4.78, 5) is 4.61. The summed E-state index contributed by atoms with van der Waals surface area (Å²) in [5, 5.41) is 3.42. The highest BCUT2D eigenvalue weighted by atomic mass is 15.0. The highest BCUT2D eigenvalue weighted by Gasteiger charge is 2.15. The minimum atomic E-state index is 0.301. The second kappa shape index (κ2) is 5.38. The summed E-state index contributed by atoms with van der Waals surface area (Å²) in [6.45, 7) is 15.3. The Hall–Kier alpha value is -0.530. The highest BCUT2D eigenvalue weighted by molar-refractivity contribution is 5.83. The maximum absolute atomic E-state index is 4.61. The Morgan fingerprint density at radius 1 is 1.14 bits per heavy atom. The van der Waals surface area contributed by atoms with Gasteiger partial charge < -0.3 is 5.32 Å². The van der Waals surface area contributed by atoms with Crippen molar-refractivity contribution in [3.63, 3.8) is 0 Å². The lowest BCUT2D eigenvalue weighted by Crippen LogP contribution is -2.33. The second-order valence-corrected chi connectivity index (χ2v) is 5.71. The number of hydrogen-bond acceptors (Lipinski definition) is 1. The SMILES string of the molecule is CC(C)N=C(CC(C)(C)C)NC(C)C. The number of amidine groups is 1. The summed E-state index contributed by atoms with van der Waals surface area (Å²) in [5.41, 5.74) is 0.301. The first-order valence-corrected chi connectivity index (χ1v) is 5.54. The second-order valence-electron chi connectivity index (χ2n) is 5.71. The lowest BCUT2D eigenvalue weighted by atomic mass is 9.91. The van der Waals surface area contributed by atoms with Gasteiger partial charge in [0.05, 0.1) is 5.84 Å². The van der Waals surface area contributed by atoms with Crippen molar-refractivity contribution in [2.45, 2.75) is 67.0 Å². The minimum absolute atomic E-state index is 0.301. The molecule has 0 saturated heterocycles. The quantitative estimate of drug-likeness (QED) is 0.546. The van der Waals surface area contributed by atoms with Crippen molar-refractivity contribution in [1.82, 2.24) is 5.32 Å². The van der Waals surface area contributed by atoms with Crippen LogP contribution in [-0.4, -0.2) is 17.9 Å². The zero-order chi connectivity index (χ0) is 11.4. The molecule has 0 bridgehead atoms. The summed E-state index contributed by atoms with van der Waals surface area (Å²) < 4.78 is 0. The van der Waals surface area contributed by atoms with E-state index in [-0.39, 0.29) is 0 Å². The molecule has 0 atom stereocenters. The van der Waals surface area contributed by atoms with E-state index in [0.717, 1.165) is 12.3 Å². The van der Waals surface area contributed by atoms with Gasteiger partial charge in [0.25, 0.3) is 0 Å². The van der Waals surface area contributed by atoms with Gasteiger partial charge in [-0.1, -0.05) is 20.8 Å². The van der Waals surface area contributed by atoms with Gasteiger partial charge >= 0.3 is 0 Å². The topological polar surface area (TPSA) is 24.4 Å². The fraction of sp³-hybridized carbons (Fsp3) is 0.917. The fourth-order valence-corrected chi connectivity index (χ4v) is 1.28. The van der Waals surface area contributed by atoms with Crippen LogP contribution in [0.15, 0.2) is 4.99 Å². The average Bonchev–Trinajstić information content (AvgIpc) is 1.77. The third-order valence-corrected chi connectivity index (χ3v) is 1.57. The zero-order valence-corrected chi connectivity index (χ0v) is 10.8. The monoisotopic (exact) mass is 198 g/mol. The van der Waals surface area contributed by atoms with E-state index in [0.29, 0.717) is 17.5 Å². The molecule has 0 unspecified atom stereocenters. The van der Waals surface area contributed by atoms with Crippen LogP contribution in [0, 0.1) is 5.41 Å². The molecule has 1 N–H and O–H groups in total. The van der Waals surface area contributed by atoms with E-state index in [9.17, 15) is 0 Å². The third-order valence-electron chi connectivity index (χ3n) is 1.57. The van der Waals surface area contributed by atoms with Gasteiger partial charge in [0.2, 0.25) is 0 Å². The molecule has 0 aromatic rings. The van der Waals surface area contributed by atoms with Crippen molar-refractivity contribution < 1.29 is 0 Å². The van der Waals surface area contributed by atoms with Gasteiger partial charge in [0.1, 0.15) is 0 Å². The molecule has 0 aliphatic heterocycles. The third kappa shape index (κ3) is 8.09. The molecule has 2 nitrogen and oxygen atoms in total. The van der Waals surface area contributed by atoms with Crippen LogP contribution in [0.4, 0.5) is 0 Å². The molecule has 0 radical (unpaired) electrons. The first-order valence-electron chi connectivity index (χ1n) is 5.54. The van der Waals surface area contributed by atoms with Gasteiger partial charge in [-0.2, -0.15) is 0 Å². The minimum Gasteiger partial charge on any atom is -0.372 e. The average molecular weight is 198 g/mol. The normalized spacial score (nSPS) is 13.9. The number of aliphatic imine (C=N–C) groups is 1. The van der Waals surface area contributed by atoms with Gasteiger partial charge in [0, 0.05) is 18.5 Å². The highest BCUT2D eigenvalue weighted by Crippen LogP contribution is 2.19. The van der Waals surface area contributed by atoms with E-state index >= 15 is 0 Å². The molecule has 0 aliphatic carbocycles. The predicted molar refractivity (Wildman–Crippen MR) is 64.9 cm³/mol. The fourth-order valence-electron chi connectivity index (χ4n) is 1.28. The van der Waals surface area contributed by atoms with Gasteiger partial charge in [-0.15, -0.1) is 0 Å². The molecule has 0 heterocycles. The van der Waals surface area contributed by atoms with Crippen molar-refractivity contribution in [2.24, 2.45) is 10.4 Å². The van der Waals surface area contributed by atoms with Crippen LogP contribution in [0.5, 0.6) is 0 Å². The number of hydrogen-bond donors (Lipinski definition) is 1. The van der Waals surface area contributed by atoms with Crippen molar-refractivity contribution in [1.29, 1.82) is 0 Å². The summed E-state index contributed by atoms with van der Waals surface area (Å²) in [6, 6.07) is 0.841. The van der Waals surface area contributed by atoms with Crippen LogP contribution < -0.4 is 5.32 Å². The van der Waals surface area contributed by atoms with Crippen LogP contribution >= 0.6 is 0 Å². The van der Waals surface area contributed by atoms with Crippen molar-refractivity contribution in [3.05, 3.63) is 0 Å². The molecular weight excluding hydrogens is 172 g/mol. The summed E-state index contributed by atoms with van der Waals surface area (Å²) in [5.74, 6) is 1.14. The van der Waals surface area contributed by atoms with E-state index in [1.165, 1.54) is 0 Å². The zero-order valence-electron chi connectivity index (χ0n) is 10.8. The molecule has 0 saturated carbocycles. The molecule has 84 valence electrons. The molecule has 0 aromatic carbocycles. The van der Waals surface area contributed by atoms with Gasteiger partial charge in [-0.3, -0.25) is 4.99 Å². The van der Waals surface area contributed by atoms with E-state index in [4.69, 9.17) is 0 Å². The lowest BCUT2D eigenvalue weighted by Gasteiger charge is -2.22. The van der Waals surface area contributed by atoms with Gasteiger partial charge in [0.15, 0.2) is 0 Å². The molecule has 14 heavy (non-hydrogen) atoms. The van der Waals surface area contributed by atoms with Crippen LogP contribution in [0.1, 0.15) is 54.9 Å². The molecule has 0 fully saturated rings. The number of nitrogens with zero attached hydrogens (tertiary/aromatic N) is 1. The molecular formula is C12H26N2. The van der Waals surface area contributed by atoms with Crippen molar-refractivity contribution >= 4 is 5.84 Å². The summed E-state index contributed by atoms with van der Waals surface area (Å²) in [7, 11) is 0. The Kier molecular flexibility index (Phi) is 5.17. The van der Waals surface area contributed by atoms with Crippen LogP contribution in [0.3, 0.4) is 0 Å². The van der Waals surface area contributed by atoms with Crippen LogP contribution in [-0.2, 0) is 0 Å². The van der Waals surface area contributed by atoms with Gasteiger partial charge in [-0.05, 0) is 33.1 Å². The Morgan fingerprint density at radius 2 is 1.64 bits per heavy atom. The van der Waals surface area contributed by atoms with Crippen LogP contribution in [0.25, 0.3) is 0 Å². The Morgan fingerprint density at radius 3 is 1.93 bits per heavy atom. The Bertz CT molecular complexity index is 185. The first kappa shape index (κ1) is 13.5. The van der Waals surface area contributed by atoms with Crippen molar-refractivity contribution in [2.75, 3.05) is 0 Å². The van der Waals surface area contributed by atoms with E-state index in [2.05, 4.69) is 58.8 Å². The summed E-state index contributed by atoms with van der Waals surface area (Å²) in [6.07, 6.45) is 1.02.